The van der Waals surface area contributed by atoms with E-state index in [0.717, 1.165) is 10.6 Å². The van der Waals surface area contributed by atoms with Gasteiger partial charge in [-0.2, -0.15) is 9.40 Å². The standard InChI is InChI=1S/C14H22N4O6S/c1-10-12(8-16(2)15-10)14(21)17-4-5-24-11(6-17)7-18(9-13(19)20)25(3,22)23/h8,11H,4-7,9H2,1-3H3,(H,19,20). The van der Waals surface area contributed by atoms with E-state index < -0.39 is 28.6 Å². The third-order valence-electron chi connectivity index (χ3n) is 3.86. The molecule has 0 aliphatic carbocycles. The van der Waals surface area contributed by atoms with Gasteiger partial charge in [0.15, 0.2) is 0 Å². The molecule has 2 rings (SSSR count). The van der Waals surface area contributed by atoms with E-state index in [0.29, 0.717) is 17.8 Å². The number of sulfonamides is 1. The van der Waals surface area contributed by atoms with Crippen LogP contribution in [0, 0.1) is 6.92 Å². The highest BCUT2D eigenvalue weighted by atomic mass is 32.2. The molecule has 0 saturated carbocycles. The Hall–Kier alpha value is -1.98. The highest BCUT2D eigenvalue weighted by Crippen LogP contribution is 2.14. The van der Waals surface area contributed by atoms with Crippen LogP contribution in [0.3, 0.4) is 0 Å². The van der Waals surface area contributed by atoms with E-state index in [1.165, 1.54) is 0 Å². The van der Waals surface area contributed by atoms with Gasteiger partial charge in [-0.15, -0.1) is 0 Å². The van der Waals surface area contributed by atoms with Gasteiger partial charge in [-0.3, -0.25) is 14.3 Å². The van der Waals surface area contributed by atoms with Crippen LogP contribution < -0.4 is 0 Å². The molecule has 1 aliphatic rings. The zero-order valence-corrected chi connectivity index (χ0v) is 15.2. The molecule has 0 radical (unpaired) electrons. The highest BCUT2D eigenvalue weighted by Gasteiger charge is 2.31. The summed E-state index contributed by atoms with van der Waals surface area (Å²) in [5.41, 5.74) is 1.09. The summed E-state index contributed by atoms with van der Waals surface area (Å²) in [5.74, 6) is -1.46. The number of morpholine rings is 1. The molecule has 140 valence electrons. The molecular weight excluding hydrogens is 352 g/mol. The molecule has 1 saturated heterocycles. The van der Waals surface area contributed by atoms with Crippen molar-refractivity contribution in [3.63, 3.8) is 0 Å². The van der Waals surface area contributed by atoms with E-state index in [2.05, 4.69) is 5.10 Å². The van der Waals surface area contributed by atoms with Crippen LogP contribution in [0.4, 0.5) is 0 Å². The Morgan fingerprint density at radius 3 is 2.68 bits per heavy atom. The first-order chi connectivity index (χ1) is 11.6. The second-order valence-corrected chi connectivity index (χ2v) is 7.98. The van der Waals surface area contributed by atoms with Gasteiger partial charge in [-0.1, -0.05) is 0 Å². The second-order valence-electron chi connectivity index (χ2n) is 6.00. The molecule has 1 N–H and O–H groups in total. The number of carboxylic acid groups (broad SMARTS) is 1. The molecule has 1 unspecified atom stereocenters. The lowest BCUT2D eigenvalue weighted by molar-refractivity contribution is -0.137. The topological polar surface area (TPSA) is 122 Å². The number of amides is 1. The van der Waals surface area contributed by atoms with Gasteiger partial charge in [-0.25, -0.2) is 8.42 Å². The Morgan fingerprint density at radius 1 is 1.48 bits per heavy atom. The Balaban J connectivity index is 2.08. The Bertz CT molecular complexity index is 759. The van der Waals surface area contributed by atoms with Gasteiger partial charge in [0.2, 0.25) is 10.0 Å². The smallest absolute Gasteiger partial charge is 0.318 e. The monoisotopic (exact) mass is 374 g/mol. The molecule has 1 fully saturated rings. The minimum atomic E-state index is -3.70. The number of carbonyl (C=O) groups excluding carboxylic acids is 1. The number of nitrogens with zero attached hydrogens (tertiary/aromatic N) is 4. The van der Waals surface area contributed by atoms with Gasteiger partial charge < -0.3 is 14.7 Å². The van der Waals surface area contributed by atoms with E-state index in [4.69, 9.17) is 9.84 Å². The van der Waals surface area contributed by atoms with E-state index in [1.54, 1.807) is 29.7 Å². The van der Waals surface area contributed by atoms with Crippen molar-refractivity contribution in [2.24, 2.45) is 7.05 Å². The summed E-state index contributed by atoms with van der Waals surface area (Å²) >= 11 is 0. The van der Waals surface area contributed by atoms with Crippen molar-refractivity contribution < 1.29 is 27.9 Å². The zero-order valence-electron chi connectivity index (χ0n) is 14.4. The van der Waals surface area contributed by atoms with Crippen molar-refractivity contribution in [2.75, 3.05) is 39.0 Å². The lowest BCUT2D eigenvalue weighted by atomic mass is 10.2. The molecule has 2 heterocycles. The predicted molar refractivity (Wildman–Crippen MR) is 87.6 cm³/mol. The largest absolute Gasteiger partial charge is 0.480 e. The molecule has 1 aromatic heterocycles. The average Bonchev–Trinajstić information content (AvgIpc) is 2.83. The number of rotatable bonds is 6. The lowest BCUT2D eigenvalue weighted by Gasteiger charge is -2.34. The number of carboxylic acids is 1. The van der Waals surface area contributed by atoms with Crippen LogP contribution in [0.2, 0.25) is 0 Å². The van der Waals surface area contributed by atoms with Gasteiger partial charge >= 0.3 is 5.97 Å². The molecule has 0 bridgehead atoms. The summed E-state index contributed by atoms with van der Waals surface area (Å²) < 4.78 is 31.4. The fourth-order valence-electron chi connectivity index (χ4n) is 2.69. The van der Waals surface area contributed by atoms with E-state index in [9.17, 15) is 18.0 Å². The minimum absolute atomic E-state index is 0.124. The second kappa shape index (κ2) is 7.50. The lowest BCUT2D eigenvalue weighted by Crippen LogP contribution is -2.51. The van der Waals surface area contributed by atoms with Crippen LogP contribution in [0.25, 0.3) is 0 Å². The van der Waals surface area contributed by atoms with Gasteiger partial charge in [0, 0.05) is 32.9 Å². The van der Waals surface area contributed by atoms with E-state index in [-0.39, 0.29) is 25.6 Å². The Morgan fingerprint density at radius 2 is 2.16 bits per heavy atom. The van der Waals surface area contributed by atoms with Crippen LogP contribution >= 0.6 is 0 Å². The number of hydrogen-bond acceptors (Lipinski definition) is 6. The van der Waals surface area contributed by atoms with Gasteiger partial charge in [-0.05, 0) is 6.92 Å². The first-order valence-electron chi connectivity index (χ1n) is 7.66. The quantitative estimate of drug-likeness (QED) is 0.672. The van der Waals surface area contributed by atoms with Crippen LogP contribution in [-0.2, 0) is 26.6 Å². The Labute approximate surface area is 146 Å². The first kappa shape index (κ1) is 19.3. The summed E-state index contributed by atoms with van der Waals surface area (Å²) in [7, 11) is -1.97. The fourth-order valence-corrected chi connectivity index (χ4v) is 3.47. The third kappa shape index (κ3) is 5.00. The van der Waals surface area contributed by atoms with Crippen LogP contribution in [0.15, 0.2) is 6.20 Å². The molecule has 0 aromatic carbocycles. The molecule has 1 aliphatic heterocycles. The van der Waals surface area contributed by atoms with Gasteiger partial charge in [0.05, 0.1) is 30.2 Å². The molecule has 0 spiro atoms. The predicted octanol–water partition coefficient (Wildman–Crippen LogP) is -1.08. The fraction of sp³-hybridized carbons (Fsp3) is 0.643. The number of aryl methyl sites for hydroxylation is 2. The molecule has 1 atom stereocenters. The third-order valence-corrected chi connectivity index (χ3v) is 5.07. The number of carbonyl (C=O) groups is 2. The van der Waals surface area contributed by atoms with Crippen molar-refractivity contribution in [3.05, 3.63) is 17.5 Å². The highest BCUT2D eigenvalue weighted by molar-refractivity contribution is 7.88. The molecule has 1 aromatic rings. The minimum Gasteiger partial charge on any atom is -0.480 e. The number of aromatic nitrogens is 2. The zero-order chi connectivity index (χ0) is 18.8. The number of ether oxygens (including phenoxy) is 1. The van der Waals surface area contributed by atoms with Crippen LogP contribution in [0.5, 0.6) is 0 Å². The molecule has 11 heteroatoms. The Kier molecular flexibility index (Phi) is 5.80. The van der Waals surface area contributed by atoms with Gasteiger partial charge in [0.25, 0.3) is 5.91 Å². The first-order valence-corrected chi connectivity index (χ1v) is 9.50. The average molecular weight is 374 g/mol. The maximum Gasteiger partial charge on any atom is 0.318 e. The van der Waals surface area contributed by atoms with Gasteiger partial charge in [0.1, 0.15) is 6.54 Å². The van der Waals surface area contributed by atoms with E-state index >= 15 is 0 Å². The van der Waals surface area contributed by atoms with Crippen molar-refractivity contribution in [1.82, 2.24) is 19.0 Å². The summed E-state index contributed by atoms with van der Waals surface area (Å²) in [4.78, 5) is 25.1. The van der Waals surface area contributed by atoms with Crippen LogP contribution in [0.1, 0.15) is 16.1 Å². The summed E-state index contributed by atoms with van der Waals surface area (Å²) in [6, 6.07) is 0. The molecule has 1 amide bonds. The van der Waals surface area contributed by atoms with Crippen molar-refractivity contribution in [1.29, 1.82) is 0 Å². The molecular formula is C14H22N4O6S. The SMILES string of the molecule is Cc1nn(C)cc1C(=O)N1CCOC(CN(CC(=O)O)S(C)(=O)=O)C1. The summed E-state index contributed by atoms with van der Waals surface area (Å²) in [6.07, 6.45) is 1.99. The maximum atomic E-state index is 12.6. The van der Waals surface area contributed by atoms with Crippen molar-refractivity contribution >= 4 is 21.9 Å². The molecule has 10 nitrogen and oxygen atoms in total. The maximum absolute atomic E-state index is 12.6. The number of aliphatic carboxylic acids is 1. The summed E-state index contributed by atoms with van der Waals surface area (Å²) in [6.45, 7) is 1.78. The summed E-state index contributed by atoms with van der Waals surface area (Å²) in [5, 5.41) is 13.0. The van der Waals surface area contributed by atoms with Crippen LogP contribution in [-0.4, -0.2) is 89.5 Å². The number of hydrogen-bond donors (Lipinski definition) is 1. The molecule has 25 heavy (non-hydrogen) atoms. The van der Waals surface area contributed by atoms with E-state index in [1.807, 2.05) is 0 Å². The normalized spacial score (nSPS) is 18.6. The van der Waals surface area contributed by atoms with Crippen molar-refractivity contribution in [2.45, 2.75) is 13.0 Å². The van der Waals surface area contributed by atoms with Crippen molar-refractivity contribution in [3.8, 4) is 0 Å².